The molecule has 0 radical (unpaired) electrons. The predicted octanol–water partition coefficient (Wildman–Crippen LogP) is 2.69. The van der Waals surface area contributed by atoms with Crippen molar-refractivity contribution in [3.8, 4) is 11.5 Å². The number of nitrogens with two attached hydrogens (primary N) is 1. The van der Waals surface area contributed by atoms with Gasteiger partial charge < -0.3 is 15.2 Å². The Labute approximate surface area is 95.1 Å². The molecule has 15 heavy (non-hydrogen) atoms. The maximum atomic E-state index is 6.21. The maximum absolute atomic E-state index is 6.21. The summed E-state index contributed by atoms with van der Waals surface area (Å²) in [6.07, 6.45) is 0. The number of ether oxygens (including phenoxy) is 2. The highest BCUT2D eigenvalue weighted by Crippen LogP contribution is 2.40. The van der Waals surface area contributed by atoms with E-state index < -0.39 is 0 Å². The first-order chi connectivity index (χ1) is 7.02. The van der Waals surface area contributed by atoms with Crippen LogP contribution in [0.5, 0.6) is 11.5 Å². The Hall–Kier alpha value is -0.930. The molecule has 0 spiro atoms. The molecule has 0 amide bonds. The zero-order chi connectivity index (χ0) is 11.6. The largest absolute Gasteiger partial charge is 0.496 e. The summed E-state index contributed by atoms with van der Waals surface area (Å²) < 4.78 is 10.5. The van der Waals surface area contributed by atoms with Crippen molar-refractivity contribution in [1.82, 2.24) is 0 Å². The molecule has 0 bridgehead atoms. The zero-order valence-corrected chi connectivity index (χ0v) is 10.2. The Kier molecular flexibility index (Phi) is 3.83. The second-order valence-corrected chi connectivity index (χ2v) is 3.82. The van der Waals surface area contributed by atoms with Crippen molar-refractivity contribution in [2.45, 2.75) is 19.9 Å². The molecule has 0 saturated carbocycles. The fraction of sp³-hybridized carbons (Fsp3) is 0.455. The number of hydrogen-bond donors (Lipinski definition) is 1. The van der Waals surface area contributed by atoms with E-state index in [0.29, 0.717) is 16.5 Å². The van der Waals surface area contributed by atoms with E-state index in [1.807, 2.05) is 19.9 Å². The summed E-state index contributed by atoms with van der Waals surface area (Å²) in [7, 11) is 3.19. The summed E-state index contributed by atoms with van der Waals surface area (Å²) in [6.45, 7) is 3.77. The number of methoxy groups -OCH3 is 2. The molecule has 1 rings (SSSR count). The molecule has 0 saturated heterocycles. The molecule has 0 aromatic heterocycles. The van der Waals surface area contributed by atoms with Crippen molar-refractivity contribution in [3.63, 3.8) is 0 Å². The minimum atomic E-state index is -0.193. The lowest BCUT2D eigenvalue weighted by Gasteiger charge is -2.17. The van der Waals surface area contributed by atoms with E-state index in [2.05, 4.69) is 0 Å². The van der Waals surface area contributed by atoms with E-state index in [9.17, 15) is 0 Å². The highest BCUT2D eigenvalue weighted by Gasteiger charge is 2.18. The van der Waals surface area contributed by atoms with Crippen molar-refractivity contribution in [2.24, 2.45) is 5.73 Å². The Morgan fingerprint density at radius 3 is 2.33 bits per heavy atom. The molecule has 1 aromatic rings. The Morgan fingerprint density at radius 2 is 1.93 bits per heavy atom. The Morgan fingerprint density at radius 1 is 1.33 bits per heavy atom. The van der Waals surface area contributed by atoms with Crippen LogP contribution in [0.2, 0.25) is 5.02 Å². The van der Waals surface area contributed by atoms with Crippen LogP contribution < -0.4 is 15.2 Å². The Bertz CT molecular complexity index is 364. The van der Waals surface area contributed by atoms with Gasteiger partial charge in [0.25, 0.3) is 0 Å². The smallest absolute Gasteiger partial charge is 0.140 e. The van der Waals surface area contributed by atoms with E-state index in [4.69, 9.17) is 26.8 Å². The third-order valence-electron chi connectivity index (χ3n) is 2.29. The minimum absolute atomic E-state index is 0.193. The van der Waals surface area contributed by atoms with Gasteiger partial charge in [-0.2, -0.15) is 0 Å². The average molecular weight is 230 g/mol. The van der Waals surface area contributed by atoms with E-state index in [1.54, 1.807) is 14.2 Å². The Balaban J connectivity index is 3.46. The summed E-state index contributed by atoms with van der Waals surface area (Å²) in [6, 6.07) is 1.69. The van der Waals surface area contributed by atoms with Gasteiger partial charge in [-0.3, -0.25) is 0 Å². The zero-order valence-electron chi connectivity index (χ0n) is 9.43. The molecule has 4 heteroatoms. The van der Waals surface area contributed by atoms with Gasteiger partial charge in [-0.25, -0.2) is 0 Å². The van der Waals surface area contributed by atoms with Gasteiger partial charge in [-0.05, 0) is 25.5 Å². The number of rotatable bonds is 3. The van der Waals surface area contributed by atoms with E-state index in [0.717, 1.165) is 11.1 Å². The van der Waals surface area contributed by atoms with Gasteiger partial charge in [0, 0.05) is 11.6 Å². The number of hydrogen-bond acceptors (Lipinski definition) is 3. The summed E-state index contributed by atoms with van der Waals surface area (Å²) in [4.78, 5) is 0. The van der Waals surface area contributed by atoms with Gasteiger partial charge in [0.2, 0.25) is 0 Å². The molecule has 0 heterocycles. The van der Waals surface area contributed by atoms with Crippen LogP contribution in [0.15, 0.2) is 6.07 Å². The third kappa shape index (κ3) is 2.19. The van der Waals surface area contributed by atoms with Gasteiger partial charge in [-0.15, -0.1) is 0 Å². The molecular formula is C11H16ClNO2. The SMILES string of the molecule is COc1cc(C)c(OC)c(Cl)c1C(C)N. The van der Waals surface area contributed by atoms with E-state index >= 15 is 0 Å². The van der Waals surface area contributed by atoms with Crippen LogP contribution in [0, 0.1) is 6.92 Å². The van der Waals surface area contributed by atoms with Crippen molar-refractivity contribution in [3.05, 3.63) is 22.2 Å². The molecule has 2 N–H and O–H groups in total. The molecule has 1 atom stereocenters. The molecule has 0 aliphatic rings. The summed E-state index contributed by atoms with van der Waals surface area (Å²) in [5.74, 6) is 1.36. The summed E-state index contributed by atoms with van der Waals surface area (Å²) in [5.41, 5.74) is 7.56. The minimum Gasteiger partial charge on any atom is -0.496 e. The first kappa shape index (κ1) is 12.1. The fourth-order valence-corrected chi connectivity index (χ4v) is 2.08. The van der Waals surface area contributed by atoms with Crippen molar-refractivity contribution < 1.29 is 9.47 Å². The third-order valence-corrected chi connectivity index (χ3v) is 2.66. The molecule has 1 aromatic carbocycles. The number of aryl methyl sites for hydroxylation is 1. The van der Waals surface area contributed by atoms with Crippen LogP contribution in [0.4, 0.5) is 0 Å². The quantitative estimate of drug-likeness (QED) is 0.867. The predicted molar refractivity (Wildman–Crippen MR) is 61.9 cm³/mol. The maximum Gasteiger partial charge on any atom is 0.140 e. The highest BCUT2D eigenvalue weighted by atomic mass is 35.5. The first-order valence-corrected chi connectivity index (χ1v) is 5.07. The molecule has 0 fully saturated rings. The summed E-state index contributed by atoms with van der Waals surface area (Å²) in [5, 5.41) is 0.532. The van der Waals surface area contributed by atoms with E-state index in [1.165, 1.54) is 0 Å². The highest BCUT2D eigenvalue weighted by molar-refractivity contribution is 6.33. The van der Waals surface area contributed by atoms with Gasteiger partial charge >= 0.3 is 0 Å². The number of benzene rings is 1. The van der Waals surface area contributed by atoms with Gasteiger partial charge in [-0.1, -0.05) is 11.6 Å². The first-order valence-electron chi connectivity index (χ1n) is 4.69. The van der Waals surface area contributed by atoms with Crippen molar-refractivity contribution in [2.75, 3.05) is 14.2 Å². The molecule has 1 unspecified atom stereocenters. The lowest BCUT2D eigenvalue weighted by atomic mass is 10.0. The lowest BCUT2D eigenvalue weighted by Crippen LogP contribution is -2.09. The second-order valence-electron chi connectivity index (χ2n) is 3.45. The molecule has 0 aliphatic heterocycles. The average Bonchev–Trinajstić information content (AvgIpc) is 2.16. The topological polar surface area (TPSA) is 44.5 Å². The van der Waals surface area contributed by atoms with Gasteiger partial charge in [0.1, 0.15) is 11.5 Å². The molecule has 0 aliphatic carbocycles. The van der Waals surface area contributed by atoms with Gasteiger partial charge in [0.15, 0.2) is 0 Å². The lowest BCUT2D eigenvalue weighted by molar-refractivity contribution is 0.394. The van der Waals surface area contributed by atoms with Crippen LogP contribution in [0.3, 0.4) is 0 Å². The molecule has 3 nitrogen and oxygen atoms in total. The van der Waals surface area contributed by atoms with Crippen LogP contribution in [0.25, 0.3) is 0 Å². The van der Waals surface area contributed by atoms with Crippen LogP contribution in [0.1, 0.15) is 24.1 Å². The standard InChI is InChI=1S/C11H16ClNO2/c1-6-5-8(14-3)9(7(2)13)10(12)11(6)15-4/h5,7H,13H2,1-4H3. The van der Waals surface area contributed by atoms with Gasteiger partial charge in [0.05, 0.1) is 19.2 Å². The monoisotopic (exact) mass is 229 g/mol. The van der Waals surface area contributed by atoms with Crippen LogP contribution in [-0.2, 0) is 0 Å². The number of halogens is 1. The fourth-order valence-electron chi connectivity index (χ4n) is 1.59. The van der Waals surface area contributed by atoms with Crippen LogP contribution in [-0.4, -0.2) is 14.2 Å². The van der Waals surface area contributed by atoms with Crippen molar-refractivity contribution >= 4 is 11.6 Å². The van der Waals surface area contributed by atoms with E-state index in [-0.39, 0.29) is 6.04 Å². The summed E-state index contributed by atoms with van der Waals surface area (Å²) >= 11 is 6.21. The molecular weight excluding hydrogens is 214 g/mol. The molecule has 84 valence electrons. The normalized spacial score (nSPS) is 12.4. The second kappa shape index (κ2) is 4.73. The van der Waals surface area contributed by atoms with Crippen molar-refractivity contribution in [1.29, 1.82) is 0 Å². The van der Waals surface area contributed by atoms with Crippen LogP contribution >= 0.6 is 11.6 Å².